The first-order valence-electron chi connectivity index (χ1n) is 7.03. The summed E-state index contributed by atoms with van der Waals surface area (Å²) in [5.41, 5.74) is 3.43. The highest BCUT2D eigenvalue weighted by Crippen LogP contribution is 2.32. The molecule has 0 aliphatic heterocycles. The van der Waals surface area contributed by atoms with Crippen LogP contribution in [0.25, 0.3) is 11.5 Å². The Kier molecular flexibility index (Phi) is 3.24. The lowest BCUT2D eigenvalue weighted by atomic mass is 9.98. The van der Waals surface area contributed by atoms with Crippen molar-refractivity contribution in [2.24, 2.45) is 0 Å². The van der Waals surface area contributed by atoms with Crippen LogP contribution in [-0.2, 0) is 18.3 Å². The van der Waals surface area contributed by atoms with Gasteiger partial charge in [-0.05, 0) is 19.3 Å². The van der Waals surface area contributed by atoms with E-state index in [1.807, 2.05) is 7.05 Å². The monoisotopic (exact) mass is 288 g/mol. The van der Waals surface area contributed by atoms with Crippen molar-refractivity contribution < 1.29 is 0 Å². The van der Waals surface area contributed by atoms with Crippen LogP contribution in [0.5, 0.6) is 0 Å². The van der Waals surface area contributed by atoms with Crippen LogP contribution < -0.4 is 5.32 Å². The molecule has 0 bridgehead atoms. The maximum Gasteiger partial charge on any atom is 0.181 e. The molecule has 0 saturated carbocycles. The fraction of sp³-hybridized carbons (Fsp3) is 0.533. The quantitative estimate of drug-likeness (QED) is 0.920. The largest absolute Gasteiger partial charge is 0.373 e. The van der Waals surface area contributed by atoms with E-state index < -0.39 is 0 Å². The molecule has 106 valence electrons. The highest BCUT2D eigenvalue weighted by molar-refractivity contribution is 7.10. The first-order valence-corrected chi connectivity index (χ1v) is 7.91. The molecule has 20 heavy (non-hydrogen) atoms. The average molecular weight is 288 g/mol. The van der Waals surface area contributed by atoms with Gasteiger partial charge >= 0.3 is 0 Å². The van der Waals surface area contributed by atoms with Gasteiger partial charge < -0.3 is 5.32 Å². The number of rotatable bonds is 2. The summed E-state index contributed by atoms with van der Waals surface area (Å²) in [4.78, 5) is 14.1. The van der Waals surface area contributed by atoms with Gasteiger partial charge in [0.2, 0.25) is 0 Å². The summed E-state index contributed by atoms with van der Waals surface area (Å²) in [5, 5.41) is 6.39. The molecule has 0 saturated heterocycles. The number of nitrogens with zero attached hydrogens (tertiary/aromatic N) is 3. The first-order chi connectivity index (χ1) is 9.49. The van der Waals surface area contributed by atoms with Crippen LogP contribution in [0, 0.1) is 0 Å². The van der Waals surface area contributed by atoms with Gasteiger partial charge in [-0.1, -0.05) is 20.8 Å². The molecule has 1 aliphatic carbocycles. The number of nitrogens with one attached hydrogen (secondary N) is 1. The summed E-state index contributed by atoms with van der Waals surface area (Å²) in [7, 11) is 1.92. The maximum atomic E-state index is 4.72. The number of aromatic nitrogens is 3. The van der Waals surface area contributed by atoms with Crippen LogP contribution in [0.2, 0.25) is 0 Å². The van der Waals surface area contributed by atoms with Gasteiger partial charge in [0, 0.05) is 29.1 Å². The van der Waals surface area contributed by atoms with Crippen LogP contribution in [0.15, 0.2) is 5.38 Å². The Labute approximate surface area is 123 Å². The van der Waals surface area contributed by atoms with E-state index in [4.69, 9.17) is 9.97 Å². The standard InChI is InChI=1S/C15H20N4S/c1-15(2,3)14-18-11(8-20-14)13-17-10-7-5-6-9(10)12(16-4)19-13/h8H,5-7H2,1-4H3,(H,16,17,19). The number of thiazole rings is 1. The van der Waals surface area contributed by atoms with E-state index in [9.17, 15) is 0 Å². The third-order valence-corrected chi connectivity index (χ3v) is 4.81. The SMILES string of the molecule is CNc1nc(-c2csc(C(C)(C)C)n2)nc2c1CCC2. The van der Waals surface area contributed by atoms with Crippen molar-refractivity contribution >= 4 is 17.2 Å². The van der Waals surface area contributed by atoms with Gasteiger partial charge in [0.15, 0.2) is 5.82 Å². The lowest BCUT2D eigenvalue weighted by molar-refractivity contribution is 0.586. The zero-order chi connectivity index (χ0) is 14.3. The molecule has 2 aromatic rings. The summed E-state index contributed by atoms with van der Waals surface area (Å²) in [6, 6.07) is 0. The third kappa shape index (κ3) is 2.30. The molecule has 2 heterocycles. The van der Waals surface area contributed by atoms with E-state index in [1.165, 1.54) is 17.7 Å². The molecular weight excluding hydrogens is 268 g/mol. The van der Waals surface area contributed by atoms with Crippen molar-refractivity contribution in [3.63, 3.8) is 0 Å². The smallest absolute Gasteiger partial charge is 0.181 e. The molecule has 0 aromatic carbocycles. The van der Waals surface area contributed by atoms with Gasteiger partial charge in [-0.2, -0.15) is 0 Å². The lowest BCUT2D eigenvalue weighted by Gasteiger charge is -2.13. The van der Waals surface area contributed by atoms with Gasteiger partial charge in [-0.25, -0.2) is 15.0 Å². The summed E-state index contributed by atoms with van der Waals surface area (Å²) >= 11 is 1.69. The molecular formula is C15H20N4S. The Morgan fingerprint density at radius 2 is 1.95 bits per heavy atom. The van der Waals surface area contributed by atoms with E-state index >= 15 is 0 Å². The van der Waals surface area contributed by atoms with Crippen LogP contribution >= 0.6 is 11.3 Å². The van der Waals surface area contributed by atoms with E-state index in [0.717, 1.165) is 35.2 Å². The van der Waals surface area contributed by atoms with Gasteiger partial charge in [-0.3, -0.25) is 0 Å². The highest BCUT2D eigenvalue weighted by atomic mass is 32.1. The minimum atomic E-state index is 0.0749. The fourth-order valence-electron chi connectivity index (χ4n) is 2.47. The second-order valence-electron chi connectivity index (χ2n) is 6.21. The number of hydrogen-bond acceptors (Lipinski definition) is 5. The molecule has 0 spiro atoms. The number of aryl methyl sites for hydroxylation is 1. The third-order valence-electron chi connectivity index (χ3n) is 3.54. The fourth-order valence-corrected chi connectivity index (χ4v) is 3.36. The van der Waals surface area contributed by atoms with Crippen LogP contribution in [-0.4, -0.2) is 22.0 Å². The zero-order valence-corrected chi connectivity index (χ0v) is 13.3. The number of hydrogen-bond donors (Lipinski definition) is 1. The average Bonchev–Trinajstić information content (AvgIpc) is 3.05. The summed E-state index contributed by atoms with van der Waals surface area (Å²) < 4.78 is 0. The van der Waals surface area contributed by atoms with Crippen LogP contribution in [0.4, 0.5) is 5.82 Å². The van der Waals surface area contributed by atoms with Crippen molar-refractivity contribution in [1.82, 2.24) is 15.0 Å². The molecule has 0 radical (unpaired) electrons. The summed E-state index contributed by atoms with van der Waals surface area (Å²) in [6.07, 6.45) is 3.30. The first kappa shape index (κ1) is 13.5. The molecule has 1 aliphatic rings. The molecule has 0 unspecified atom stereocenters. The Balaban J connectivity index is 2.05. The minimum absolute atomic E-state index is 0.0749. The molecule has 1 N–H and O–H groups in total. The van der Waals surface area contributed by atoms with Gasteiger partial charge in [-0.15, -0.1) is 11.3 Å². The summed E-state index contributed by atoms with van der Waals surface area (Å²) in [6.45, 7) is 6.54. The van der Waals surface area contributed by atoms with Crippen molar-refractivity contribution in [3.05, 3.63) is 21.6 Å². The highest BCUT2D eigenvalue weighted by Gasteiger charge is 2.22. The van der Waals surface area contributed by atoms with Crippen molar-refractivity contribution in [1.29, 1.82) is 0 Å². The molecule has 3 rings (SSSR count). The Bertz CT molecular complexity index is 640. The topological polar surface area (TPSA) is 50.7 Å². The Morgan fingerprint density at radius 1 is 1.15 bits per heavy atom. The zero-order valence-electron chi connectivity index (χ0n) is 12.4. The van der Waals surface area contributed by atoms with E-state index in [2.05, 4.69) is 36.5 Å². The van der Waals surface area contributed by atoms with Gasteiger partial charge in [0.25, 0.3) is 0 Å². The van der Waals surface area contributed by atoms with Crippen LogP contribution in [0.3, 0.4) is 0 Å². The van der Waals surface area contributed by atoms with E-state index in [1.54, 1.807) is 11.3 Å². The van der Waals surface area contributed by atoms with Crippen LogP contribution in [0.1, 0.15) is 43.5 Å². The number of anilines is 1. The minimum Gasteiger partial charge on any atom is -0.373 e. The molecule has 0 atom stereocenters. The second kappa shape index (κ2) is 4.81. The molecule has 5 heteroatoms. The predicted molar refractivity (Wildman–Crippen MR) is 83.4 cm³/mol. The Hall–Kier alpha value is -1.49. The van der Waals surface area contributed by atoms with E-state index in [-0.39, 0.29) is 5.41 Å². The molecule has 4 nitrogen and oxygen atoms in total. The number of fused-ring (bicyclic) bond motifs is 1. The molecule has 2 aromatic heterocycles. The molecule has 0 amide bonds. The van der Waals surface area contributed by atoms with Crippen molar-refractivity contribution in [2.45, 2.75) is 45.4 Å². The lowest BCUT2D eigenvalue weighted by Crippen LogP contribution is -2.10. The summed E-state index contributed by atoms with van der Waals surface area (Å²) in [5.74, 6) is 1.72. The van der Waals surface area contributed by atoms with Crippen molar-refractivity contribution in [3.8, 4) is 11.5 Å². The van der Waals surface area contributed by atoms with Gasteiger partial charge in [0.1, 0.15) is 11.5 Å². The predicted octanol–water partition coefficient (Wildman–Crippen LogP) is 3.43. The Morgan fingerprint density at radius 3 is 2.60 bits per heavy atom. The second-order valence-corrected chi connectivity index (χ2v) is 7.07. The maximum absolute atomic E-state index is 4.72. The normalized spacial score (nSPS) is 14.4. The van der Waals surface area contributed by atoms with E-state index in [0.29, 0.717) is 0 Å². The van der Waals surface area contributed by atoms with Gasteiger partial charge in [0.05, 0.1) is 5.01 Å². The molecule has 0 fully saturated rings. The van der Waals surface area contributed by atoms with Crippen molar-refractivity contribution in [2.75, 3.05) is 12.4 Å².